The quantitative estimate of drug-likeness (QED) is 0.669. The van der Waals surface area contributed by atoms with Gasteiger partial charge >= 0.3 is 0 Å². The molecule has 3 rings (SSSR count). The molecule has 2 aromatic rings. The maximum absolute atomic E-state index is 12.0. The highest BCUT2D eigenvalue weighted by Crippen LogP contribution is 2.24. The maximum Gasteiger partial charge on any atom is 0.237 e. The summed E-state index contributed by atoms with van der Waals surface area (Å²) >= 11 is 0. The second kappa shape index (κ2) is 11.6. The molecular weight excluding hydrogens is 394 g/mol. The number of carbonyl (C=O) groups excluding carboxylic acids is 2. The molecule has 0 bridgehead atoms. The van der Waals surface area contributed by atoms with Crippen molar-refractivity contribution >= 4 is 12.2 Å². The highest BCUT2D eigenvalue weighted by molar-refractivity contribution is 5.82. The third kappa shape index (κ3) is 7.51. The Labute approximate surface area is 185 Å². The number of methoxy groups -OCH3 is 1. The fourth-order valence-corrected chi connectivity index (χ4v) is 3.71. The highest BCUT2D eigenvalue weighted by atomic mass is 16.5. The van der Waals surface area contributed by atoms with Crippen LogP contribution < -0.4 is 10.1 Å². The maximum atomic E-state index is 12.0. The predicted octanol–water partition coefficient (Wildman–Crippen LogP) is 4.04. The van der Waals surface area contributed by atoms with E-state index in [1.807, 2.05) is 24.3 Å². The fraction of sp³-hybridized carbons (Fsp3) is 0.542. The van der Waals surface area contributed by atoms with Crippen molar-refractivity contribution < 1.29 is 18.8 Å². The van der Waals surface area contributed by atoms with Crippen molar-refractivity contribution in [2.24, 2.45) is 11.8 Å². The zero-order chi connectivity index (χ0) is 23.0. The van der Waals surface area contributed by atoms with Gasteiger partial charge in [-0.3, -0.25) is 14.5 Å². The molecule has 0 saturated carbocycles. The van der Waals surface area contributed by atoms with Gasteiger partial charge in [0.05, 0.1) is 13.2 Å². The molecule has 1 fully saturated rings. The second-order valence-corrected chi connectivity index (χ2v) is 8.89. The molecule has 1 saturated heterocycles. The Hall–Kier alpha value is -2.67. The molecule has 2 heterocycles. The smallest absolute Gasteiger partial charge is 0.237 e. The van der Waals surface area contributed by atoms with Gasteiger partial charge in [0, 0.05) is 24.2 Å². The molecule has 0 radical (unpaired) electrons. The van der Waals surface area contributed by atoms with Crippen molar-refractivity contribution in [2.45, 2.75) is 52.6 Å². The molecule has 7 nitrogen and oxygen atoms in total. The molecule has 1 aliphatic heterocycles. The zero-order valence-electron chi connectivity index (χ0n) is 19.4. The zero-order valence-corrected chi connectivity index (χ0v) is 19.4. The Kier molecular flexibility index (Phi) is 9.24. The number of hydrogen-bond acceptors (Lipinski definition) is 6. The van der Waals surface area contributed by atoms with E-state index in [9.17, 15) is 9.59 Å². The number of piperazine rings is 1. The van der Waals surface area contributed by atoms with Gasteiger partial charge in [0.25, 0.3) is 0 Å². The molecule has 0 spiro atoms. The average Bonchev–Trinajstić information content (AvgIpc) is 3.20. The van der Waals surface area contributed by atoms with Crippen LogP contribution in [0.4, 0.5) is 0 Å². The Morgan fingerprint density at radius 1 is 1.23 bits per heavy atom. The summed E-state index contributed by atoms with van der Waals surface area (Å²) in [6.07, 6.45) is 2.67. The molecule has 170 valence electrons. The van der Waals surface area contributed by atoms with E-state index in [2.05, 4.69) is 50.1 Å². The van der Waals surface area contributed by atoms with Gasteiger partial charge in [0.15, 0.2) is 12.0 Å². The Morgan fingerprint density at radius 2 is 1.94 bits per heavy atom. The molecule has 1 aliphatic rings. The predicted molar refractivity (Wildman–Crippen MR) is 121 cm³/mol. The summed E-state index contributed by atoms with van der Waals surface area (Å²) in [5.74, 6) is 2.71. The Balaban J connectivity index is 0.000000220. The summed E-state index contributed by atoms with van der Waals surface area (Å²) in [6.45, 7) is 9.72. The van der Waals surface area contributed by atoms with Crippen molar-refractivity contribution in [3.8, 4) is 17.1 Å². The van der Waals surface area contributed by atoms with Crippen LogP contribution in [0.5, 0.6) is 5.75 Å². The summed E-state index contributed by atoms with van der Waals surface area (Å²) in [5, 5.41) is 6.74. The largest absolute Gasteiger partial charge is 0.497 e. The molecule has 1 aromatic carbocycles. The van der Waals surface area contributed by atoms with E-state index in [1.165, 1.54) is 0 Å². The van der Waals surface area contributed by atoms with Gasteiger partial charge in [0.1, 0.15) is 11.4 Å². The number of rotatable bonds is 7. The van der Waals surface area contributed by atoms with Crippen LogP contribution in [-0.2, 0) is 4.79 Å². The third-order valence-corrected chi connectivity index (χ3v) is 5.14. The highest BCUT2D eigenvalue weighted by Gasteiger charge is 2.32. The molecule has 2 unspecified atom stereocenters. The molecular formula is C24H35N3O4. The molecule has 1 N–H and O–H groups in total. The number of likely N-dealkylation sites (N-methyl/N-ethyl adjacent to an activating group) is 1. The lowest BCUT2D eigenvalue weighted by atomic mass is 9.96. The minimum atomic E-state index is 0.0726. The summed E-state index contributed by atoms with van der Waals surface area (Å²) in [4.78, 5) is 24.6. The van der Waals surface area contributed by atoms with E-state index in [4.69, 9.17) is 9.26 Å². The van der Waals surface area contributed by atoms with E-state index in [-0.39, 0.29) is 17.6 Å². The van der Waals surface area contributed by atoms with E-state index in [1.54, 1.807) is 13.2 Å². The van der Waals surface area contributed by atoms with Crippen molar-refractivity contribution in [3.05, 3.63) is 36.0 Å². The normalized spacial score (nSPS) is 19.0. The first-order chi connectivity index (χ1) is 14.7. The minimum Gasteiger partial charge on any atom is -0.497 e. The monoisotopic (exact) mass is 429 g/mol. The second-order valence-electron chi connectivity index (χ2n) is 8.89. The standard InChI is InChI=1S/C13H26N2O.C11H9NO3/c1-9(2)6-11-8-15(5)12(7-10(3)4)13(16)14-11;1-14-10-4-2-3-8(5-10)11-6-9(7-13)12-15-11/h9-12H,6-8H2,1-5H3,(H,14,16);2-7H,1H3. The van der Waals surface area contributed by atoms with Gasteiger partial charge in [-0.05, 0) is 43.9 Å². The number of amides is 1. The van der Waals surface area contributed by atoms with E-state index >= 15 is 0 Å². The first kappa shape index (κ1) is 24.6. The van der Waals surface area contributed by atoms with Gasteiger partial charge in [-0.15, -0.1) is 0 Å². The van der Waals surface area contributed by atoms with Gasteiger partial charge in [-0.1, -0.05) is 45.0 Å². The topological polar surface area (TPSA) is 84.7 Å². The number of carbonyl (C=O) groups is 2. The molecule has 2 atom stereocenters. The minimum absolute atomic E-state index is 0.0726. The summed E-state index contributed by atoms with van der Waals surface area (Å²) in [7, 11) is 3.66. The molecule has 0 aliphatic carbocycles. The number of aldehydes is 1. The van der Waals surface area contributed by atoms with Crippen LogP contribution in [0.15, 0.2) is 34.9 Å². The van der Waals surface area contributed by atoms with Crippen LogP contribution in [-0.4, -0.2) is 55.0 Å². The van der Waals surface area contributed by atoms with Gasteiger partial charge in [-0.25, -0.2) is 0 Å². The lowest BCUT2D eigenvalue weighted by Gasteiger charge is -2.38. The van der Waals surface area contributed by atoms with Gasteiger partial charge < -0.3 is 14.6 Å². The van der Waals surface area contributed by atoms with Crippen LogP contribution in [0.3, 0.4) is 0 Å². The summed E-state index contributed by atoms with van der Waals surface area (Å²) < 4.78 is 10.1. The van der Waals surface area contributed by atoms with Crippen LogP contribution in [0, 0.1) is 11.8 Å². The number of nitrogens with one attached hydrogen (secondary N) is 1. The lowest BCUT2D eigenvalue weighted by molar-refractivity contribution is -0.130. The van der Waals surface area contributed by atoms with Crippen LogP contribution in [0.2, 0.25) is 0 Å². The van der Waals surface area contributed by atoms with E-state index < -0.39 is 0 Å². The first-order valence-corrected chi connectivity index (χ1v) is 10.8. The van der Waals surface area contributed by atoms with Gasteiger partial charge in [0.2, 0.25) is 5.91 Å². The van der Waals surface area contributed by atoms with Crippen molar-refractivity contribution in [3.63, 3.8) is 0 Å². The molecule has 7 heteroatoms. The molecule has 1 amide bonds. The van der Waals surface area contributed by atoms with E-state index in [0.717, 1.165) is 30.7 Å². The lowest BCUT2D eigenvalue weighted by Crippen LogP contribution is -2.59. The SMILES string of the molecule is CC(C)CC1CN(C)C(CC(C)C)C(=O)N1.COc1cccc(-c2cc(C=O)no2)c1. The van der Waals surface area contributed by atoms with Crippen molar-refractivity contribution in [1.82, 2.24) is 15.4 Å². The number of ether oxygens (including phenoxy) is 1. The summed E-state index contributed by atoms with van der Waals surface area (Å²) in [6, 6.07) is 9.34. The number of hydrogen-bond donors (Lipinski definition) is 1. The van der Waals surface area contributed by atoms with Gasteiger partial charge in [-0.2, -0.15) is 0 Å². The molecule has 31 heavy (non-hydrogen) atoms. The number of aromatic nitrogens is 1. The number of nitrogens with zero attached hydrogens (tertiary/aromatic N) is 2. The Morgan fingerprint density at radius 3 is 2.48 bits per heavy atom. The van der Waals surface area contributed by atoms with Crippen molar-refractivity contribution in [2.75, 3.05) is 20.7 Å². The van der Waals surface area contributed by atoms with Crippen LogP contribution in [0.25, 0.3) is 11.3 Å². The van der Waals surface area contributed by atoms with Crippen molar-refractivity contribution in [1.29, 1.82) is 0 Å². The fourth-order valence-electron chi connectivity index (χ4n) is 3.71. The van der Waals surface area contributed by atoms with Crippen LogP contribution in [0.1, 0.15) is 51.0 Å². The number of benzene rings is 1. The molecule has 1 aromatic heterocycles. The Bertz CT molecular complexity index is 847. The first-order valence-electron chi connectivity index (χ1n) is 10.8. The third-order valence-electron chi connectivity index (χ3n) is 5.14. The summed E-state index contributed by atoms with van der Waals surface area (Å²) in [5.41, 5.74) is 1.11. The van der Waals surface area contributed by atoms with Crippen LogP contribution >= 0.6 is 0 Å². The van der Waals surface area contributed by atoms with E-state index in [0.29, 0.717) is 29.9 Å². The average molecular weight is 430 g/mol.